The Morgan fingerprint density at radius 2 is 1.85 bits per heavy atom. The molecule has 0 bridgehead atoms. The Morgan fingerprint density at radius 3 is 2.38 bits per heavy atom. The molecule has 1 aliphatic rings. The van der Waals surface area contributed by atoms with Crippen LogP contribution in [0.25, 0.3) is 0 Å². The van der Waals surface area contributed by atoms with E-state index in [4.69, 9.17) is 5.26 Å². The first-order chi connectivity index (χ1) is 6.25. The summed E-state index contributed by atoms with van der Waals surface area (Å²) >= 11 is 0. The number of rotatable bonds is 4. The molecule has 0 aromatic heterocycles. The summed E-state index contributed by atoms with van der Waals surface area (Å²) < 4.78 is 0. The Balaban J connectivity index is 2.24. The van der Waals surface area contributed by atoms with Crippen molar-refractivity contribution in [3.05, 3.63) is 0 Å². The summed E-state index contributed by atoms with van der Waals surface area (Å²) in [4.78, 5) is 23.5. The molecule has 4 nitrogen and oxygen atoms in total. The number of nitriles is 1. The number of nitrogens with zero attached hydrogens (tertiary/aromatic N) is 2. The van der Waals surface area contributed by atoms with Crippen molar-refractivity contribution in [3.63, 3.8) is 0 Å². The lowest BCUT2D eigenvalue weighted by Crippen LogP contribution is -2.29. The molecule has 0 radical (unpaired) electrons. The van der Waals surface area contributed by atoms with Gasteiger partial charge in [0.2, 0.25) is 11.8 Å². The van der Waals surface area contributed by atoms with E-state index in [0.29, 0.717) is 25.8 Å². The first kappa shape index (κ1) is 9.72. The van der Waals surface area contributed by atoms with Crippen molar-refractivity contribution >= 4 is 11.8 Å². The van der Waals surface area contributed by atoms with Crippen LogP contribution in [-0.4, -0.2) is 23.3 Å². The van der Waals surface area contributed by atoms with Crippen molar-refractivity contribution in [3.8, 4) is 6.07 Å². The van der Waals surface area contributed by atoms with Crippen molar-refractivity contribution in [1.82, 2.24) is 4.90 Å². The summed E-state index contributed by atoms with van der Waals surface area (Å²) in [5.74, 6) is -0.135. The Bertz CT molecular complexity index is 239. The molecule has 1 aliphatic heterocycles. The van der Waals surface area contributed by atoms with E-state index in [0.717, 1.165) is 12.8 Å². The second-order valence-corrected chi connectivity index (χ2v) is 3.05. The molecule has 1 heterocycles. The van der Waals surface area contributed by atoms with Crippen LogP contribution in [0.15, 0.2) is 0 Å². The van der Waals surface area contributed by atoms with Crippen molar-refractivity contribution in [2.45, 2.75) is 32.1 Å². The zero-order valence-corrected chi connectivity index (χ0v) is 7.45. The van der Waals surface area contributed by atoms with Crippen LogP contribution in [0.4, 0.5) is 0 Å². The van der Waals surface area contributed by atoms with E-state index in [1.54, 1.807) is 0 Å². The monoisotopic (exact) mass is 180 g/mol. The molecular formula is C9H12N2O2. The standard InChI is InChI=1S/C9H12N2O2/c10-6-2-1-3-7-11-8(12)4-5-9(11)13/h1-5,7H2. The van der Waals surface area contributed by atoms with E-state index in [1.165, 1.54) is 4.90 Å². The summed E-state index contributed by atoms with van der Waals surface area (Å²) in [6, 6.07) is 2.03. The van der Waals surface area contributed by atoms with Gasteiger partial charge in [-0.3, -0.25) is 14.5 Å². The van der Waals surface area contributed by atoms with Crippen LogP contribution in [0.1, 0.15) is 32.1 Å². The minimum atomic E-state index is -0.0676. The number of hydrogen-bond donors (Lipinski definition) is 0. The van der Waals surface area contributed by atoms with Crippen LogP contribution < -0.4 is 0 Å². The van der Waals surface area contributed by atoms with E-state index < -0.39 is 0 Å². The number of carbonyl (C=O) groups is 2. The van der Waals surface area contributed by atoms with Gasteiger partial charge in [0.15, 0.2) is 0 Å². The van der Waals surface area contributed by atoms with Crippen molar-refractivity contribution in [1.29, 1.82) is 5.26 Å². The Hall–Kier alpha value is -1.37. The third-order valence-electron chi connectivity index (χ3n) is 2.08. The van der Waals surface area contributed by atoms with Crippen LogP contribution in [0.5, 0.6) is 0 Å². The van der Waals surface area contributed by atoms with E-state index in [-0.39, 0.29) is 11.8 Å². The fourth-order valence-electron chi connectivity index (χ4n) is 1.35. The maximum atomic E-state index is 11.1. The zero-order valence-electron chi connectivity index (χ0n) is 7.45. The lowest BCUT2D eigenvalue weighted by Gasteiger charge is -2.12. The predicted molar refractivity (Wildman–Crippen MR) is 45.4 cm³/mol. The molecule has 0 aromatic rings. The highest BCUT2D eigenvalue weighted by molar-refractivity contribution is 6.01. The van der Waals surface area contributed by atoms with Crippen LogP contribution in [0.2, 0.25) is 0 Å². The molecular weight excluding hydrogens is 168 g/mol. The molecule has 0 N–H and O–H groups in total. The smallest absolute Gasteiger partial charge is 0.229 e. The highest BCUT2D eigenvalue weighted by atomic mass is 16.2. The zero-order chi connectivity index (χ0) is 9.68. The quantitative estimate of drug-likeness (QED) is 0.475. The Kier molecular flexibility index (Phi) is 3.44. The number of likely N-dealkylation sites (tertiary alicyclic amines) is 1. The third-order valence-corrected chi connectivity index (χ3v) is 2.08. The van der Waals surface area contributed by atoms with Gasteiger partial charge in [-0.1, -0.05) is 0 Å². The fraction of sp³-hybridized carbons (Fsp3) is 0.667. The average Bonchev–Trinajstić information content (AvgIpc) is 2.42. The van der Waals surface area contributed by atoms with Gasteiger partial charge < -0.3 is 0 Å². The predicted octanol–water partition coefficient (Wildman–Crippen LogP) is 0.829. The summed E-state index contributed by atoms with van der Waals surface area (Å²) in [5.41, 5.74) is 0. The Labute approximate surface area is 77.1 Å². The minimum Gasteiger partial charge on any atom is -0.283 e. The normalized spacial score (nSPS) is 16.4. The topological polar surface area (TPSA) is 61.2 Å². The molecule has 0 spiro atoms. The molecule has 1 rings (SSSR count). The minimum absolute atomic E-state index is 0.0676. The Morgan fingerprint density at radius 1 is 1.23 bits per heavy atom. The van der Waals surface area contributed by atoms with E-state index in [9.17, 15) is 9.59 Å². The molecule has 70 valence electrons. The number of imide groups is 1. The van der Waals surface area contributed by atoms with Gasteiger partial charge in [0.05, 0.1) is 6.07 Å². The molecule has 2 amide bonds. The third kappa shape index (κ3) is 2.55. The molecule has 0 aliphatic carbocycles. The van der Waals surface area contributed by atoms with Gasteiger partial charge in [0.25, 0.3) is 0 Å². The molecule has 0 atom stereocenters. The maximum absolute atomic E-state index is 11.1. The highest BCUT2D eigenvalue weighted by Gasteiger charge is 2.27. The van der Waals surface area contributed by atoms with Gasteiger partial charge in [-0.25, -0.2) is 0 Å². The summed E-state index contributed by atoms with van der Waals surface area (Å²) in [6.45, 7) is 0.485. The van der Waals surface area contributed by atoms with Crippen molar-refractivity contribution in [2.24, 2.45) is 0 Å². The molecule has 0 unspecified atom stereocenters. The van der Waals surface area contributed by atoms with Gasteiger partial charge in [-0.05, 0) is 12.8 Å². The van der Waals surface area contributed by atoms with Gasteiger partial charge >= 0.3 is 0 Å². The van der Waals surface area contributed by atoms with Crippen LogP contribution in [0, 0.1) is 11.3 Å². The second kappa shape index (κ2) is 4.61. The van der Waals surface area contributed by atoms with Crippen LogP contribution in [0.3, 0.4) is 0 Å². The maximum Gasteiger partial charge on any atom is 0.229 e. The molecule has 13 heavy (non-hydrogen) atoms. The number of amides is 2. The van der Waals surface area contributed by atoms with Crippen molar-refractivity contribution < 1.29 is 9.59 Å². The van der Waals surface area contributed by atoms with E-state index >= 15 is 0 Å². The summed E-state index contributed by atoms with van der Waals surface area (Å²) in [5, 5.41) is 8.26. The summed E-state index contributed by atoms with van der Waals surface area (Å²) in [6.07, 6.45) is 2.71. The lowest BCUT2D eigenvalue weighted by atomic mass is 10.2. The molecule has 0 aromatic carbocycles. The first-order valence-electron chi connectivity index (χ1n) is 4.46. The number of hydrogen-bond acceptors (Lipinski definition) is 3. The van der Waals surface area contributed by atoms with Gasteiger partial charge in [-0.15, -0.1) is 0 Å². The lowest BCUT2D eigenvalue weighted by molar-refractivity contribution is -0.138. The van der Waals surface area contributed by atoms with Crippen LogP contribution >= 0.6 is 0 Å². The molecule has 0 saturated carbocycles. The molecule has 1 saturated heterocycles. The van der Waals surface area contributed by atoms with E-state index in [1.807, 2.05) is 6.07 Å². The first-order valence-corrected chi connectivity index (χ1v) is 4.46. The van der Waals surface area contributed by atoms with Crippen LogP contribution in [-0.2, 0) is 9.59 Å². The fourth-order valence-corrected chi connectivity index (χ4v) is 1.35. The van der Waals surface area contributed by atoms with Gasteiger partial charge in [-0.2, -0.15) is 5.26 Å². The average molecular weight is 180 g/mol. The van der Waals surface area contributed by atoms with Gasteiger partial charge in [0.1, 0.15) is 0 Å². The number of unbranched alkanes of at least 4 members (excludes halogenated alkanes) is 2. The van der Waals surface area contributed by atoms with E-state index in [2.05, 4.69) is 0 Å². The molecule has 4 heteroatoms. The highest BCUT2D eigenvalue weighted by Crippen LogP contribution is 2.12. The SMILES string of the molecule is N#CCCCCN1C(=O)CCC1=O. The largest absolute Gasteiger partial charge is 0.283 e. The number of carbonyl (C=O) groups excluding carboxylic acids is 2. The second-order valence-electron chi connectivity index (χ2n) is 3.05. The van der Waals surface area contributed by atoms with Gasteiger partial charge in [0, 0.05) is 25.8 Å². The van der Waals surface area contributed by atoms with Crippen molar-refractivity contribution in [2.75, 3.05) is 6.54 Å². The summed E-state index contributed by atoms with van der Waals surface area (Å²) in [7, 11) is 0. The molecule has 1 fully saturated rings.